The van der Waals surface area contributed by atoms with Gasteiger partial charge in [-0.05, 0) is 44.4 Å². The first-order valence-corrected chi connectivity index (χ1v) is 7.43. The van der Waals surface area contributed by atoms with E-state index in [9.17, 15) is 9.59 Å². The van der Waals surface area contributed by atoms with Crippen LogP contribution in [0, 0.1) is 11.8 Å². The second kappa shape index (κ2) is 5.02. The van der Waals surface area contributed by atoms with Crippen LogP contribution in [0.15, 0.2) is 0 Å². The fourth-order valence-corrected chi connectivity index (χ4v) is 2.88. The Labute approximate surface area is 113 Å². The average Bonchev–Trinajstić information content (AvgIpc) is 3.27. The van der Waals surface area contributed by atoms with Gasteiger partial charge in [-0.2, -0.15) is 0 Å². The zero-order valence-corrected chi connectivity index (χ0v) is 11.3. The van der Waals surface area contributed by atoms with Crippen molar-refractivity contribution in [3.05, 3.63) is 0 Å². The Kier molecular flexibility index (Phi) is 3.37. The molecule has 0 aromatic carbocycles. The molecule has 1 saturated heterocycles. The minimum Gasteiger partial charge on any atom is -0.481 e. The van der Waals surface area contributed by atoms with Crippen LogP contribution >= 0.6 is 0 Å². The number of carbonyl (C=O) groups is 2. The number of rotatable bonds is 4. The van der Waals surface area contributed by atoms with Gasteiger partial charge in [-0.3, -0.25) is 4.79 Å². The Hall–Kier alpha value is -1.26. The van der Waals surface area contributed by atoms with E-state index in [4.69, 9.17) is 5.11 Å². The SMILES string of the molecule is O=C(O)C1CCCN(C(=O)N(CC2CC2)C2CC2)C1. The highest BCUT2D eigenvalue weighted by Gasteiger charge is 2.39. The van der Waals surface area contributed by atoms with E-state index in [1.165, 1.54) is 12.8 Å². The summed E-state index contributed by atoms with van der Waals surface area (Å²) in [5.41, 5.74) is 0. The fraction of sp³-hybridized carbons (Fsp3) is 0.857. The van der Waals surface area contributed by atoms with Crippen LogP contribution in [0.4, 0.5) is 4.79 Å². The first-order valence-electron chi connectivity index (χ1n) is 7.43. The molecule has 1 unspecified atom stereocenters. The van der Waals surface area contributed by atoms with E-state index in [-0.39, 0.29) is 11.9 Å². The van der Waals surface area contributed by atoms with Crippen molar-refractivity contribution < 1.29 is 14.7 Å². The summed E-state index contributed by atoms with van der Waals surface area (Å²) >= 11 is 0. The van der Waals surface area contributed by atoms with Gasteiger partial charge in [0.25, 0.3) is 0 Å². The van der Waals surface area contributed by atoms with Gasteiger partial charge < -0.3 is 14.9 Å². The summed E-state index contributed by atoms with van der Waals surface area (Å²) in [6.07, 6.45) is 6.24. The Bertz CT molecular complexity index is 377. The molecule has 0 bridgehead atoms. The predicted molar refractivity (Wildman–Crippen MR) is 69.8 cm³/mol. The van der Waals surface area contributed by atoms with E-state index in [1.807, 2.05) is 4.90 Å². The van der Waals surface area contributed by atoms with Crippen LogP contribution < -0.4 is 0 Å². The zero-order chi connectivity index (χ0) is 13.4. The molecule has 3 fully saturated rings. The van der Waals surface area contributed by atoms with Gasteiger partial charge in [0.2, 0.25) is 0 Å². The second-order valence-electron chi connectivity index (χ2n) is 6.23. The highest BCUT2D eigenvalue weighted by atomic mass is 16.4. The van der Waals surface area contributed by atoms with Gasteiger partial charge in [0, 0.05) is 25.7 Å². The smallest absolute Gasteiger partial charge is 0.320 e. The lowest BCUT2D eigenvalue weighted by molar-refractivity contribution is -0.143. The van der Waals surface area contributed by atoms with Crippen molar-refractivity contribution in [2.24, 2.45) is 11.8 Å². The number of urea groups is 1. The summed E-state index contributed by atoms with van der Waals surface area (Å²) in [5.74, 6) is -0.443. The largest absolute Gasteiger partial charge is 0.481 e. The summed E-state index contributed by atoms with van der Waals surface area (Å²) < 4.78 is 0. The number of aliphatic carboxylic acids is 1. The number of piperidine rings is 1. The molecule has 0 spiro atoms. The maximum absolute atomic E-state index is 12.6. The third-order valence-electron chi connectivity index (χ3n) is 4.43. The van der Waals surface area contributed by atoms with Gasteiger partial charge in [0.15, 0.2) is 0 Å². The van der Waals surface area contributed by atoms with Crippen LogP contribution in [0.5, 0.6) is 0 Å². The van der Waals surface area contributed by atoms with Crippen LogP contribution in [0.3, 0.4) is 0 Å². The average molecular weight is 266 g/mol. The maximum atomic E-state index is 12.6. The van der Waals surface area contributed by atoms with E-state index < -0.39 is 5.97 Å². The molecule has 106 valence electrons. The van der Waals surface area contributed by atoms with Gasteiger partial charge in [-0.1, -0.05) is 0 Å². The van der Waals surface area contributed by atoms with Crippen LogP contribution in [-0.4, -0.2) is 52.6 Å². The molecule has 5 nitrogen and oxygen atoms in total. The Morgan fingerprint density at radius 1 is 1.16 bits per heavy atom. The highest BCUT2D eigenvalue weighted by molar-refractivity contribution is 5.77. The molecule has 2 aliphatic carbocycles. The van der Waals surface area contributed by atoms with Crippen molar-refractivity contribution in [1.29, 1.82) is 0 Å². The molecule has 0 aromatic heterocycles. The minimum absolute atomic E-state index is 0.0837. The van der Waals surface area contributed by atoms with Gasteiger partial charge in [-0.15, -0.1) is 0 Å². The van der Waals surface area contributed by atoms with Gasteiger partial charge >= 0.3 is 12.0 Å². The molecule has 19 heavy (non-hydrogen) atoms. The van der Waals surface area contributed by atoms with E-state index in [2.05, 4.69) is 0 Å². The quantitative estimate of drug-likeness (QED) is 0.843. The number of amides is 2. The number of carboxylic acid groups (broad SMARTS) is 1. The highest BCUT2D eigenvalue weighted by Crippen LogP contribution is 2.35. The molecule has 0 radical (unpaired) electrons. The molecule has 1 N–H and O–H groups in total. The topological polar surface area (TPSA) is 60.9 Å². The second-order valence-corrected chi connectivity index (χ2v) is 6.23. The van der Waals surface area contributed by atoms with Crippen molar-refractivity contribution in [3.8, 4) is 0 Å². The number of carbonyl (C=O) groups excluding carboxylic acids is 1. The zero-order valence-electron chi connectivity index (χ0n) is 11.3. The number of nitrogens with zero attached hydrogens (tertiary/aromatic N) is 2. The number of carboxylic acids is 1. The lowest BCUT2D eigenvalue weighted by Gasteiger charge is -2.35. The monoisotopic (exact) mass is 266 g/mol. The number of hydrogen-bond acceptors (Lipinski definition) is 2. The Morgan fingerprint density at radius 2 is 1.89 bits per heavy atom. The molecule has 2 amide bonds. The van der Waals surface area contributed by atoms with Gasteiger partial charge in [0.05, 0.1) is 5.92 Å². The minimum atomic E-state index is -0.766. The molecule has 0 aromatic rings. The normalized spacial score (nSPS) is 27.2. The number of hydrogen-bond donors (Lipinski definition) is 1. The van der Waals surface area contributed by atoms with E-state index in [0.717, 1.165) is 32.4 Å². The van der Waals surface area contributed by atoms with Crippen molar-refractivity contribution in [1.82, 2.24) is 9.80 Å². The lowest BCUT2D eigenvalue weighted by Crippen LogP contribution is -2.50. The Balaban J connectivity index is 1.61. The van der Waals surface area contributed by atoms with Gasteiger partial charge in [-0.25, -0.2) is 4.79 Å². The summed E-state index contributed by atoms with van der Waals surface area (Å²) in [4.78, 5) is 27.4. The first kappa shape index (κ1) is 12.8. The van der Waals surface area contributed by atoms with Crippen molar-refractivity contribution in [3.63, 3.8) is 0 Å². The maximum Gasteiger partial charge on any atom is 0.320 e. The molecular weight excluding hydrogens is 244 g/mol. The van der Waals surface area contributed by atoms with E-state index >= 15 is 0 Å². The fourth-order valence-electron chi connectivity index (χ4n) is 2.88. The van der Waals surface area contributed by atoms with Crippen molar-refractivity contribution in [2.45, 2.75) is 44.6 Å². The van der Waals surface area contributed by atoms with Crippen molar-refractivity contribution >= 4 is 12.0 Å². The molecule has 3 aliphatic rings. The molecule has 5 heteroatoms. The van der Waals surface area contributed by atoms with Crippen molar-refractivity contribution in [2.75, 3.05) is 19.6 Å². The van der Waals surface area contributed by atoms with E-state index in [1.54, 1.807) is 4.90 Å². The van der Waals surface area contributed by atoms with Gasteiger partial charge in [0.1, 0.15) is 0 Å². The summed E-state index contributed by atoms with van der Waals surface area (Å²) in [6.45, 7) is 2.00. The first-order chi connectivity index (χ1) is 9.15. The summed E-state index contributed by atoms with van der Waals surface area (Å²) in [5, 5.41) is 9.10. The summed E-state index contributed by atoms with van der Waals surface area (Å²) in [6, 6.07) is 0.513. The summed E-state index contributed by atoms with van der Waals surface area (Å²) in [7, 11) is 0. The third-order valence-corrected chi connectivity index (χ3v) is 4.43. The van der Waals surface area contributed by atoms with Crippen LogP contribution in [0.2, 0.25) is 0 Å². The molecule has 1 aliphatic heterocycles. The molecule has 2 saturated carbocycles. The predicted octanol–water partition coefficient (Wildman–Crippen LogP) is 1.78. The number of likely N-dealkylation sites (tertiary alicyclic amines) is 1. The van der Waals surface area contributed by atoms with Crippen LogP contribution in [0.25, 0.3) is 0 Å². The standard InChI is InChI=1S/C14H22N2O3/c17-13(18)11-2-1-7-15(9-11)14(19)16(12-5-6-12)8-10-3-4-10/h10-12H,1-9H2,(H,17,18). The molecule has 3 rings (SSSR count). The molecule has 1 atom stereocenters. The van der Waals surface area contributed by atoms with E-state index in [0.29, 0.717) is 24.9 Å². The Morgan fingerprint density at radius 3 is 2.47 bits per heavy atom. The van der Waals surface area contributed by atoms with Crippen LogP contribution in [-0.2, 0) is 4.79 Å². The molecule has 1 heterocycles. The van der Waals surface area contributed by atoms with Crippen LogP contribution in [0.1, 0.15) is 38.5 Å². The third kappa shape index (κ3) is 3.01. The lowest BCUT2D eigenvalue weighted by atomic mass is 9.98. The molecular formula is C14H22N2O3.